The van der Waals surface area contributed by atoms with Crippen molar-refractivity contribution in [2.45, 2.75) is 20.8 Å². The minimum atomic E-state index is -0.0235. The summed E-state index contributed by atoms with van der Waals surface area (Å²) in [5, 5.41) is 19.9. The van der Waals surface area contributed by atoms with Crippen LogP contribution in [0.4, 0.5) is 0 Å². The smallest absolute Gasteiger partial charge is 0.200 e. The largest absolute Gasteiger partial charge is 0.505 e. The molecule has 3 nitrogen and oxygen atoms in total. The number of rotatable bonds is 1. The molecule has 2 rings (SSSR count). The normalized spacial score (nSPS) is 10.3. The van der Waals surface area contributed by atoms with Crippen molar-refractivity contribution in [1.82, 2.24) is 4.98 Å². The van der Waals surface area contributed by atoms with Gasteiger partial charge in [-0.2, -0.15) is 0 Å². The van der Waals surface area contributed by atoms with E-state index in [1.807, 2.05) is 26.0 Å². The summed E-state index contributed by atoms with van der Waals surface area (Å²) in [5.74, 6) is 2.64. The molecule has 1 aromatic heterocycles. The third kappa shape index (κ3) is 1.72. The molecule has 0 atom stereocenters. The minimum Gasteiger partial charge on any atom is -0.505 e. The van der Waals surface area contributed by atoms with Crippen LogP contribution >= 0.6 is 0 Å². The highest BCUT2D eigenvalue weighted by Crippen LogP contribution is 2.42. The number of aromatic amines is 1. The van der Waals surface area contributed by atoms with Crippen molar-refractivity contribution < 1.29 is 10.2 Å². The second kappa shape index (κ2) is 4.15. The Bertz CT molecular complexity index is 637. The maximum absolute atomic E-state index is 10.0. The summed E-state index contributed by atoms with van der Waals surface area (Å²) in [5.41, 5.74) is 4.43. The lowest BCUT2D eigenvalue weighted by Crippen LogP contribution is -1.90. The zero-order valence-electron chi connectivity index (χ0n) is 10.6. The number of benzene rings is 1. The van der Waals surface area contributed by atoms with E-state index in [0.29, 0.717) is 11.3 Å². The summed E-state index contributed by atoms with van der Waals surface area (Å²) in [4.78, 5) is 2.72. The number of hydrogen-bond acceptors (Lipinski definition) is 2. The Morgan fingerprint density at radius 3 is 2.00 bits per heavy atom. The molecule has 1 aromatic carbocycles. The summed E-state index contributed by atoms with van der Waals surface area (Å²) in [6, 6.07) is 3.73. The molecule has 92 valence electrons. The second-order valence-corrected chi connectivity index (χ2v) is 4.45. The number of terminal acetylenes is 1. The second-order valence-electron chi connectivity index (χ2n) is 4.45. The lowest BCUT2D eigenvalue weighted by Gasteiger charge is -2.10. The van der Waals surface area contributed by atoms with E-state index in [9.17, 15) is 10.2 Å². The molecule has 0 amide bonds. The van der Waals surface area contributed by atoms with Gasteiger partial charge in [0.05, 0.1) is 11.3 Å². The predicted octanol–water partition coefficient (Wildman–Crippen LogP) is 3.00. The quantitative estimate of drug-likeness (QED) is 0.672. The summed E-state index contributed by atoms with van der Waals surface area (Å²) >= 11 is 0. The van der Waals surface area contributed by atoms with E-state index in [-0.39, 0.29) is 11.6 Å². The lowest BCUT2D eigenvalue weighted by molar-refractivity contribution is 0.455. The van der Waals surface area contributed by atoms with Crippen LogP contribution in [0.5, 0.6) is 11.6 Å². The molecule has 0 saturated carbocycles. The van der Waals surface area contributed by atoms with E-state index in [4.69, 9.17) is 6.42 Å². The Hall–Kier alpha value is -2.34. The van der Waals surface area contributed by atoms with Gasteiger partial charge in [-0.05, 0) is 49.6 Å². The molecule has 0 aliphatic heterocycles. The number of hydrogen-bond donors (Lipinski definition) is 3. The van der Waals surface area contributed by atoms with E-state index in [2.05, 4.69) is 10.9 Å². The topological polar surface area (TPSA) is 56.2 Å². The first-order chi connectivity index (χ1) is 8.45. The molecule has 18 heavy (non-hydrogen) atoms. The van der Waals surface area contributed by atoms with Crippen LogP contribution in [-0.2, 0) is 0 Å². The van der Waals surface area contributed by atoms with Crippen LogP contribution in [-0.4, -0.2) is 15.2 Å². The van der Waals surface area contributed by atoms with Gasteiger partial charge in [-0.25, -0.2) is 0 Å². The van der Waals surface area contributed by atoms with E-state index >= 15 is 0 Å². The molecule has 3 heteroatoms. The molecule has 0 bridgehead atoms. The molecule has 0 spiro atoms. The van der Waals surface area contributed by atoms with Crippen LogP contribution < -0.4 is 0 Å². The van der Waals surface area contributed by atoms with Gasteiger partial charge in [0.15, 0.2) is 0 Å². The fourth-order valence-corrected chi connectivity index (χ4v) is 2.28. The zero-order chi connectivity index (χ0) is 13.4. The average molecular weight is 241 g/mol. The molecule has 0 fully saturated rings. The van der Waals surface area contributed by atoms with Crippen LogP contribution in [0.15, 0.2) is 12.1 Å². The lowest BCUT2D eigenvalue weighted by atomic mass is 9.94. The Kier molecular flexibility index (Phi) is 2.80. The third-order valence-electron chi connectivity index (χ3n) is 3.08. The Morgan fingerprint density at radius 1 is 1.06 bits per heavy atom. The first kappa shape index (κ1) is 12.1. The molecular weight excluding hydrogens is 226 g/mol. The Balaban J connectivity index is 2.76. The van der Waals surface area contributed by atoms with Gasteiger partial charge in [0.25, 0.3) is 0 Å². The van der Waals surface area contributed by atoms with E-state index < -0.39 is 0 Å². The van der Waals surface area contributed by atoms with Crippen molar-refractivity contribution in [1.29, 1.82) is 0 Å². The van der Waals surface area contributed by atoms with Gasteiger partial charge in [0.1, 0.15) is 5.75 Å². The van der Waals surface area contributed by atoms with Gasteiger partial charge < -0.3 is 15.2 Å². The van der Waals surface area contributed by atoms with Crippen molar-refractivity contribution in [2.24, 2.45) is 0 Å². The molecule has 3 N–H and O–H groups in total. The first-order valence-corrected chi connectivity index (χ1v) is 5.64. The third-order valence-corrected chi connectivity index (χ3v) is 3.08. The molecule has 0 aliphatic rings. The van der Waals surface area contributed by atoms with Crippen LogP contribution in [0.1, 0.15) is 22.4 Å². The monoisotopic (exact) mass is 241 g/mol. The van der Waals surface area contributed by atoms with E-state index in [1.54, 1.807) is 6.92 Å². The molecular formula is C15H15NO2. The molecule has 0 aliphatic carbocycles. The number of aromatic hydroxyl groups is 2. The molecule has 2 aromatic rings. The standard InChI is InChI=1S/C15H15NO2/c1-5-11-6-8(2)12(9(3)7-11)13-14(17)10(4)16-15(13)18/h1,6-7,16-18H,2-4H3. The molecule has 1 heterocycles. The molecule has 0 saturated heterocycles. The van der Waals surface area contributed by atoms with Crippen LogP contribution in [0, 0.1) is 33.1 Å². The Morgan fingerprint density at radius 2 is 1.61 bits per heavy atom. The predicted molar refractivity (Wildman–Crippen MR) is 71.7 cm³/mol. The first-order valence-electron chi connectivity index (χ1n) is 5.64. The number of aryl methyl sites for hydroxylation is 3. The number of nitrogens with one attached hydrogen (secondary N) is 1. The molecule has 0 radical (unpaired) electrons. The number of aromatic nitrogens is 1. The van der Waals surface area contributed by atoms with Gasteiger partial charge in [0, 0.05) is 5.56 Å². The van der Waals surface area contributed by atoms with Gasteiger partial charge >= 0.3 is 0 Å². The van der Waals surface area contributed by atoms with E-state index in [1.165, 1.54) is 0 Å². The van der Waals surface area contributed by atoms with Crippen molar-refractivity contribution >= 4 is 0 Å². The van der Waals surface area contributed by atoms with Gasteiger partial charge in [-0.1, -0.05) is 5.92 Å². The minimum absolute atomic E-state index is 0.0235. The maximum Gasteiger partial charge on any atom is 0.200 e. The summed E-state index contributed by atoms with van der Waals surface area (Å²) in [6.45, 7) is 5.52. The summed E-state index contributed by atoms with van der Waals surface area (Å²) in [6.07, 6.45) is 5.39. The highest BCUT2D eigenvalue weighted by Gasteiger charge is 2.19. The van der Waals surface area contributed by atoms with Crippen LogP contribution in [0.2, 0.25) is 0 Å². The van der Waals surface area contributed by atoms with E-state index in [0.717, 1.165) is 22.3 Å². The summed E-state index contributed by atoms with van der Waals surface area (Å²) in [7, 11) is 0. The van der Waals surface area contributed by atoms with Crippen LogP contribution in [0.3, 0.4) is 0 Å². The maximum atomic E-state index is 10.0. The SMILES string of the molecule is C#Cc1cc(C)c(-c2c(O)[nH]c(C)c2O)c(C)c1. The number of H-pyrrole nitrogens is 1. The van der Waals surface area contributed by atoms with Crippen molar-refractivity contribution in [3.05, 3.63) is 34.5 Å². The Labute approximate surface area is 106 Å². The van der Waals surface area contributed by atoms with Crippen molar-refractivity contribution in [3.63, 3.8) is 0 Å². The van der Waals surface area contributed by atoms with Gasteiger partial charge in [0.2, 0.25) is 5.88 Å². The fourth-order valence-electron chi connectivity index (χ4n) is 2.28. The summed E-state index contributed by atoms with van der Waals surface area (Å²) < 4.78 is 0. The van der Waals surface area contributed by atoms with Gasteiger partial charge in [-0.3, -0.25) is 0 Å². The molecule has 0 unspecified atom stereocenters. The van der Waals surface area contributed by atoms with Crippen LogP contribution in [0.25, 0.3) is 11.1 Å². The van der Waals surface area contributed by atoms with Gasteiger partial charge in [-0.15, -0.1) is 6.42 Å². The van der Waals surface area contributed by atoms with Crippen molar-refractivity contribution in [3.8, 4) is 35.1 Å². The highest BCUT2D eigenvalue weighted by atomic mass is 16.3. The zero-order valence-corrected chi connectivity index (χ0v) is 10.6. The average Bonchev–Trinajstić information content (AvgIpc) is 2.54. The fraction of sp³-hybridized carbons (Fsp3) is 0.200. The van der Waals surface area contributed by atoms with Crippen molar-refractivity contribution in [2.75, 3.05) is 0 Å². The highest BCUT2D eigenvalue weighted by molar-refractivity contribution is 5.81.